The molecule has 106 valence electrons. The highest BCUT2D eigenvalue weighted by Crippen LogP contribution is 2.38. The Morgan fingerprint density at radius 2 is 2.11 bits per heavy atom. The molecule has 1 aromatic rings. The molecule has 2 saturated carbocycles. The van der Waals surface area contributed by atoms with Crippen molar-refractivity contribution in [3.05, 3.63) is 11.7 Å². The Hall–Kier alpha value is -0.550. The van der Waals surface area contributed by atoms with Crippen molar-refractivity contribution in [2.75, 3.05) is 5.75 Å². The Kier molecular flexibility index (Phi) is 4.43. The Labute approximate surface area is 119 Å². The van der Waals surface area contributed by atoms with Crippen molar-refractivity contribution in [3.8, 4) is 0 Å². The zero-order valence-electron chi connectivity index (χ0n) is 11.6. The van der Waals surface area contributed by atoms with Gasteiger partial charge in [0.1, 0.15) is 0 Å². The van der Waals surface area contributed by atoms with Gasteiger partial charge in [0, 0.05) is 17.2 Å². The lowest BCUT2D eigenvalue weighted by Gasteiger charge is -2.31. The zero-order valence-corrected chi connectivity index (χ0v) is 12.4. The van der Waals surface area contributed by atoms with Gasteiger partial charge in [-0.1, -0.05) is 24.9 Å². The lowest BCUT2D eigenvalue weighted by molar-refractivity contribution is 0.330. The molecule has 0 radical (unpaired) electrons. The minimum atomic E-state index is 0.579. The largest absolute Gasteiger partial charge is 0.338 e. The summed E-state index contributed by atoms with van der Waals surface area (Å²) in [5, 5.41) is 8.45. The summed E-state index contributed by atoms with van der Waals surface area (Å²) < 4.78 is 5.32. The van der Waals surface area contributed by atoms with E-state index in [0.29, 0.717) is 12.0 Å². The second-order valence-corrected chi connectivity index (χ2v) is 7.10. The van der Waals surface area contributed by atoms with E-state index in [2.05, 4.69) is 34.1 Å². The fourth-order valence-electron chi connectivity index (χ4n) is 2.81. The number of aromatic nitrogens is 2. The minimum Gasteiger partial charge on any atom is -0.338 e. The van der Waals surface area contributed by atoms with Gasteiger partial charge in [-0.2, -0.15) is 16.7 Å². The predicted octanol–water partition coefficient (Wildman–Crippen LogP) is 3.10. The summed E-state index contributed by atoms with van der Waals surface area (Å²) in [6, 6.07) is 0.606. The minimum absolute atomic E-state index is 0.579. The standard InChI is InChI=1S/C14H23N3OS/c1-2-19-12-6-4-3-5-11(12)15-9-13-16-14(17-18-13)10-7-8-10/h10-12,15H,2-9H2,1H3/t11-,12+/m1/s1. The molecule has 2 aliphatic carbocycles. The van der Waals surface area contributed by atoms with E-state index in [1.807, 2.05) is 0 Å². The molecule has 1 aromatic heterocycles. The molecule has 0 amide bonds. The highest BCUT2D eigenvalue weighted by Gasteiger charge is 2.29. The lowest BCUT2D eigenvalue weighted by atomic mass is 9.95. The molecular formula is C14H23N3OS. The Morgan fingerprint density at radius 1 is 1.26 bits per heavy atom. The van der Waals surface area contributed by atoms with Crippen LogP contribution < -0.4 is 5.32 Å². The molecule has 1 heterocycles. The molecule has 2 fully saturated rings. The molecule has 2 atom stereocenters. The number of hydrogen-bond acceptors (Lipinski definition) is 5. The summed E-state index contributed by atoms with van der Waals surface area (Å²) in [6.45, 7) is 2.97. The van der Waals surface area contributed by atoms with Gasteiger partial charge in [0.05, 0.1) is 6.54 Å². The highest BCUT2D eigenvalue weighted by molar-refractivity contribution is 7.99. The third-order valence-electron chi connectivity index (χ3n) is 4.03. The molecule has 0 aromatic carbocycles. The van der Waals surface area contributed by atoms with Crippen LogP contribution in [0.1, 0.15) is 63.1 Å². The quantitative estimate of drug-likeness (QED) is 0.868. The van der Waals surface area contributed by atoms with Gasteiger partial charge >= 0.3 is 0 Å². The Balaban J connectivity index is 1.51. The average Bonchev–Trinajstić information content (AvgIpc) is 3.18. The van der Waals surface area contributed by atoms with Crippen molar-refractivity contribution >= 4 is 11.8 Å². The van der Waals surface area contributed by atoms with Gasteiger partial charge in [0.25, 0.3) is 0 Å². The van der Waals surface area contributed by atoms with Crippen LogP contribution >= 0.6 is 11.8 Å². The van der Waals surface area contributed by atoms with Crippen LogP contribution in [0.2, 0.25) is 0 Å². The molecule has 19 heavy (non-hydrogen) atoms. The van der Waals surface area contributed by atoms with Gasteiger partial charge in [-0.05, 0) is 31.4 Å². The van der Waals surface area contributed by atoms with E-state index in [-0.39, 0.29) is 0 Å². The van der Waals surface area contributed by atoms with Crippen molar-refractivity contribution < 1.29 is 4.52 Å². The fourth-order valence-corrected chi connectivity index (χ4v) is 4.04. The van der Waals surface area contributed by atoms with Crippen LogP contribution in [0.4, 0.5) is 0 Å². The first-order valence-electron chi connectivity index (χ1n) is 7.54. The van der Waals surface area contributed by atoms with E-state index >= 15 is 0 Å². The molecule has 0 bridgehead atoms. The second-order valence-electron chi connectivity index (χ2n) is 5.59. The van der Waals surface area contributed by atoms with Crippen LogP contribution in [0.5, 0.6) is 0 Å². The molecule has 2 aliphatic rings. The smallest absolute Gasteiger partial charge is 0.240 e. The van der Waals surface area contributed by atoms with E-state index in [0.717, 1.165) is 23.5 Å². The van der Waals surface area contributed by atoms with Crippen molar-refractivity contribution in [2.45, 2.75) is 69.2 Å². The van der Waals surface area contributed by atoms with Crippen molar-refractivity contribution in [1.29, 1.82) is 0 Å². The zero-order chi connectivity index (χ0) is 13.1. The molecular weight excluding hydrogens is 258 g/mol. The predicted molar refractivity (Wildman–Crippen MR) is 77.3 cm³/mol. The third kappa shape index (κ3) is 3.51. The topological polar surface area (TPSA) is 51.0 Å². The molecule has 5 heteroatoms. The highest BCUT2D eigenvalue weighted by atomic mass is 32.2. The van der Waals surface area contributed by atoms with Crippen LogP contribution in [0, 0.1) is 0 Å². The maximum Gasteiger partial charge on any atom is 0.240 e. The number of nitrogens with one attached hydrogen (secondary N) is 1. The number of thioether (sulfide) groups is 1. The maximum absolute atomic E-state index is 5.32. The van der Waals surface area contributed by atoms with Gasteiger partial charge in [0.2, 0.25) is 5.89 Å². The molecule has 0 spiro atoms. The molecule has 1 N–H and O–H groups in total. The van der Waals surface area contributed by atoms with Crippen LogP contribution in [-0.4, -0.2) is 27.2 Å². The van der Waals surface area contributed by atoms with Gasteiger partial charge in [-0.15, -0.1) is 0 Å². The molecule has 3 rings (SSSR count). The van der Waals surface area contributed by atoms with Crippen molar-refractivity contribution in [1.82, 2.24) is 15.5 Å². The molecule has 0 saturated heterocycles. The summed E-state index contributed by atoms with van der Waals surface area (Å²) in [5.41, 5.74) is 0. The average molecular weight is 281 g/mol. The number of nitrogens with zero attached hydrogens (tertiary/aromatic N) is 2. The Morgan fingerprint density at radius 3 is 2.89 bits per heavy atom. The van der Waals surface area contributed by atoms with E-state index < -0.39 is 0 Å². The summed E-state index contributed by atoms with van der Waals surface area (Å²) in [7, 11) is 0. The molecule has 0 aliphatic heterocycles. The number of hydrogen-bond donors (Lipinski definition) is 1. The maximum atomic E-state index is 5.32. The van der Waals surface area contributed by atoms with Gasteiger partial charge in [-0.25, -0.2) is 0 Å². The summed E-state index contributed by atoms with van der Waals surface area (Å²) in [4.78, 5) is 4.48. The molecule has 4 nitrogen and oxygen atoms in total. The number of rotatable bonds is 6. The Bertz CT molecular complexity index is 403. The van der Waals surface area contributed by atoms with E-state index in [1.54, 1.807) is 0 Å². The summed E-state index contributed by atoms with van der Waals surface area (Å²) in [5.74, 6) is 3.46. The van der Waals surface area contributed by atoms with Crippen LogP contribution in [0.15, 0.2) is 4.52 Å². The van der Waals surface area contributed by atoms with Gasteiger partial charge in [0.15, 0.2) is 5.82 Å². The van der Waals surface area contributed by atoms with Crippen LogP contribution in [0.3, 0.4) is 0 Å². The van der Waals surface area contributed by atoms with E-state index in [4.69, 9.17) is 4.52 Å². The van der Waals surface area contributed by atoms with Crippen molar-refractivity contribution in [2.24, 2.45) is 0 Å². The van der Waals surface area contributed by atoms with Crippen LogP contribution in [-0.2, 0) is 6.54 Å². The monoisotopic (exact) mass is 281 g/mol. The van der Waals surface area contributed by atoms with E-state index in [1.165, 1.54) is 44.3 Å². The third-order valence-corrected chi connectivity index (χ3v) is 5.35. The summed E-state index contributed by atoms with van der Waals surface area (Å²) in [6.07, 6.45) is 7.79. The van der Waals surface area contributed by atoms with E-state index in [9.17, 15) is 0 Å². The SMILES string of the molecule is CCS[C@H]1CCCC[C@H]1NCc1nc(C2CC2)no1. The van der Waals surface area contributed by atoms with Crippen LogP contribution in [0.25, 0.3) is 0 Å². The van der Waals surface area contributed by atoms with Gasteiger partial charge in [-0.3, -0.25) is 0 Å². The fraction of sp³-hybridized carbons (Fsp3) is 0.857. The first kappa shape index (κ1) is 13.4. The normalized spacial score (nSPS) is 27.6. The second kappa shape index (κ2) is 6.27. The van der Waals surface area contributed by atoms with Crippen molar-refractivity contribution in [3.63, 3.8) is 0 Å². The first-order chi connectivity index (χ1) is 9.36. The van der Waals surface area contributed by atoms with Gasteiger partial charge < -0.3 is 9.84 Å². The lowest BCUT2D eigenvalue weighted by Crippen LogP contribution is -2.40. The first-order valence-corrected chi connectivity index (χ1v) is 8.59. The summed E-state index contributed by atoms with van der Waals surface area (Å²) >= 11 is 2.09. The molecule has 0 unspecified atom stereocenters.